The van der Waals surface area contributed by atoms with Gasteiger partial charge in [0.1, 0.15) is 6.10 Å². The Morgan fingerprint density at radius 2 is 2.31 bits per heavy atom. The number of nitrogens with one attached hydrogen (secondary N) is 1. The van der Waals surface area contributed by atoms with Crippen molar-refractivity contribution in [2.45, 2.75) is 32.8 Å². The molecule has 74 valence electrons. The van der Waals surface area contributed by atoms with E-state index in [0.29, 0.717) is 12.4 Å². The Morgan fingerprint density at radius 1 is 1.54 bits per heavy atom. The highest BCUT2D eigenvalue weighted by Gasteiger charge is 2.14. The van der Waals surface area contributed by atoms with Crippen LogP contribution in [0.3, 0.4) is 0 Å². The Labute approximate surface area is 82.7 Å². The van der Waals surface area contributed by atoms with Crippen LogP contribution in [-0.4, -0.2) is 21.8 Å². The zero-order chi connectivity index (χ0) is 9.68. The number of rotatable bonds is 5. The summed E-state index contributed by atoms with van der Waals surface area (Å²) < 4.78 is 5.49. The maximum Gasteiger partial charge on any atom is 0.242 e. The summed E-state index contributed by atoms with van der Waals surface area (Å²) in [4.78, 5) is 4.02. The first-order valence-corrected chi connectivity index (χ1v) is 4.85. The van der Waals surface area contributed by atoms with Gasteiger partial charge >= 0.3 is 0 Å². The first-order valence-electron chi connectivity index (χ1n) is 4.47. The van der Waals surface area contributed by atoms with Crippen LogP contribution in [-0.2, 0) is 4.74 Å². The molecule has 1 N–H and O–H groups in total. The van der Waals surface area contributed by atoms with E-state index in [1.54, 1.807) is 0 Å². The lowest BCUT2D eigenvalue weighted by Crippen LogP contribution is -2.05. The molecule has 4 nitrogen and oxygen atoms in total. The van der Waals surface area contributed by atoms with Gasteiger partial charge < -0.3 is 4.74 Å². The minimum atomic E-state index is -0.00463. The number of nitrogens with zero attached hydrogens (tertiary/aromatic N) is 2. The summed E-state index contributed by atoms with van der Waals surface area (Å²) in [6.07, 6.45) is 1.97. The molecule has 1 unspecified atom stereocenters. The molecule has 1 heterocycles. The van der Waals surface area contributed by atoms with Crippen molar-refractivity contribution in [1.29, 1.82) is 0 Å². The normalized spacial score (nSPS) is 13.2. The Bertz CT molecular complexity index is 245. The molecule has 1 aromatic rings. The average molecular weight is 204 g/mol. The molecule has 1 atom stereocenters. The fourth-order valence-electron chi connectivity index (χ4n) is 1.16. The van der Waals surface area contributed by atoms with Crippen LogP contribution in [0.2, 0.25) is 5.28 Å². The molecule has 1 rings (SSSR count). The fraction of sp³-hybridized carbons (Fsp3) is 0.750. The van der Waals surface area contributed by atoms with Gasteiger partial charge in [-0.05, 0) is 24.9 Å². The van der Waals surface area contributed by atoms with Crippen LogP contribution in [0, 0.1) is 0 Å². The van der Waals surface area contributed by atoms with Crippen molar-refractivity contribution in [1.82, 2.24) is 15.2 Å². The van der Waals surface area contributed by atoms with Gasteiger partial charge in [0.2, 0.25) is 5.28 Å². The number of halogens is 1. The van der Waals surface area contributed by atoms with E-state index < -0.39 is 0 Å². The molecule has 0 spiro atoms. The smallest absolute Gasteiger partial charge is 0.242 e. The van der Waals surface area contributed by atoms with Gasteiger partial charge in [-0.2, -0.15) is 4.98 Å². The molecule has 0 aliphatic heterocycles. The number of hydrogen-bond donors (Lipinski definition) is 1. The molecular formula is C8H14ClN3O. The second kappa shape index (κ2) is 5.19. The molecule has 0 fully saturated rings. The van der Waals surface area contributed by atoms with Gasteiger partial charge in [-0.1, -0.05) is 13.3 Å². The van der Waals surface area contributed by atoms with E-state index in [4.69, 9.17) is 16.3 Å². The molecule has 13 heavy (non-hydrogen) atoms. The summed E-state index contributed by atoms with van der Waals surface area (Å²) in [6, 6.07) is 0. The molecule has 0 amide bonds. The van der Waals surface area contributed by atoms with Crippen LogP contribution in [0.1, 0.15) is 38.6 Å². The molecule has 0 saturated carbocycles. The summed E-state index contributed by atoms with van der Waals surface area (Å²) in [5.74, 6) is 0.716. The highest BCUT2D eigenvalue weighted by molar-refractivity contribution is 6.28. The quantitative estimate of drug-likeness (QED) is 0.799. The van der Waals surface area contributed by atoms with E-state index in [1.165, 1.54) is 0 Å². The van der Waals surface area contributed by atoms with Gasteiger partial charge in [-0.15, -0.1) is 5.10 Å². The number of aromatic nitrogens is 3. The number of H-pyrrole nitrogens is 1. The van der Waals surface area contributed by atoms with Gasteiger partial charge in [0.05, 0.1) is 0 Å². The third-order valence-corrected chi connectivity index (χ3v) is 1.87. The van der Waals surface area contributed by atoms with Gasteiger partial charge in [-0.3, -0.25) is 5.10 Å². The second-order valence-electron chi connectivity index (χ2n) is 2.72. The van der Waals surface area contributed by atoms with Crippen LogP contribution in [0.25, 0.3) is 0 Å². The van der Waals surface area contributed by atoms with Crippen molar-refractivity contribution in [3.63, 3.8) is 0 Å². The second-order valence-corrected chi connectivity index (χ2v) is 3.06. The van der Waals surface area contributed by atoms with Crippen LogP contribution in [0.4, 0.5) is 0 Å². The van der Waals surface area contributed by atoms with Gasteiger partial charge in [-0.25, -0.2) is 0 Å². The Balaban J connectivity index is 2.63. The molecular weight excluding hydrogens is 190 g/mol. The van der Waals surface area contributed by atoms with E-state index in [9.17, 15) is 0 Å². The maximum atomic E-state index is 5.60. The minimum Gasteiger partial charge on any atom is -0.371 e. The van der Waals surface area contributed by atoms with E-state index in [-0.39, 0.29) is 11.4 Å². The van der Waals surface area contributed by atoms with Gasteiger partial charge in [0.15, 0.2) is 5.82 Å². The SMILES string of the molecule is CCCC(OCC)c1nc(Cl)n[nH]1. The van der Waals surface area contributed by atoms with E-state index in [1.807, 2.05) is 6.92 Å². The molecule has 0 aliphatic carbocycles. The topological polar surface area (TPSA) is 50.8 Å². The molecule has 0 radical (unpaired) electrons. The lowest BCUT2D eigenvalue weighted by atomic mass is 10.2. The van der Waals surface area contributed by atoms with Gasteiger partial charge in [0, 0.05) is 6.61 Å². The number of aromatic amines is 1. The fourth-order valence-corrected chi connectivity index (χ4v) is 1.29. The average Bonchev–Trinajstić information content (AvgIpc) is 2.51. The number of hydrogen-bond acceptors (Lipinski definition) is 3. The number of ether oxygens (including phenoxy) is 1. The van der Waals surface area contributed by atoms with Crippen molar-refractivity contribution in [3.05, 3.63) is 11.1 Å². The minimum absolute atomic E-state index is 0.00463. The van der Waals surface area contributed by atoms with E-state index in [2.05, 4.69) is 22.1 Å². The van der Waals surface area contributed by atoms with Crippen LogP contribution in [0.15, 0.2) is 0 Å². The maximum absolute atomic E-state index is 5.60. The van der Waals surface area contributed by atoms with Crippen molar-refractivity contribution < 1.29 is 4.74 Å². The zero-order valence-corrected chi connectivity index (χ0v) is 8.64. The van der Waals surface area contributed by atoms with Crippen molar-refractivity contribution in [3.8, 4) is 0 Å². The van der Waals surface area contributed by atoms with Crippen molar-refractivity contribution >= 4 is 11.6 Å². The monoisotopic (exact) mass is 203 g/mol. The van der Waals surface area contributed by atoms with Crippen molar-refractivity contribution in [2.24, 2.45) is 0 Å². The predicted octanol–water partition coefficient (Wildman–Crippen LogP) is 2.34. The first kappa shape index (κ1) is 10.5. The summed E-state index contributed by atoms with van der Waals surface area (Å²) in [5.41, 5.74) is 0. The first-order chi connectivity index (χ1) is 6.27. The summed E-state index contributed by atoms with van der Waals surface area (Å²) >= 11 is 5.60. The zero-order valence-electron chi connectivity index (χ0n) is 7.88. The molecule has 0 bridgehead atoms. The largest absolute Gasteiger partial charge is 0.371 e. The van der Waals surface area contributed by atoms with Gasteiger partial charge in [0.25, 0.3) is 0 Å². The lowest BCUT2D eigenvalue weighted by molar-refractivity contribution is 0.0496. The highest BCUT2D eigenvalue weighted by Crippen LogP contribution is 2.19. The van der Waals surface area contributed by atoms with Crippen LogP contribution in [0.5, 0.6) is 0 Å². The molecule has 0 aromatic carbocycles. The lowest BCUT2D eigenvalue weighted by Gasteiger charge is -2.12. The van der Waals surface area contributed by atoms with E-state index in [0.717, 1.165) is 12.8 Å². The molecule has 0 aliphatic rings. The summed E-state index contributed by atoms with van der Waals surface area (Å²) in [6.45, 7) is 4.73. The highest BCUT2D eigenvalue weighted by atomic mass is 35.5. The Hall–Kier alpha value is -0.610. The third kappa shape index (κ3) is 2.97. The molecule has 0 saturated heterocycles. The standard InChI is InChI=1S/C8H14ClN3O/c1-3-5-6(13-4-2)7-10-8(9)12-11-7/h6H,3-5H2,1-2H3,(H,10,11,12). The predicted molar refractivity (Wildman–Crippen MR) is 50.7 cm³/mol. The van der Waals surface area contributed by atoms with Crippen molar-refractivity contribution in [2.75, 3.05) is 6.61 Å². The van der Waals surface area contributed by atoms with E-state index >= 15 is 0 Å². The Kier molecular flexibility index (Phi) is 4.18. The van der Waals surface area contributed by atoms with Crippen LogP contribution >= 0.6 is 11.6 Å². The molecule has 1 aromatic heterocycles. The molecule has 5 heteroatoms. The third-order valence-electron chi connectivity index (χ3n) is 1.70. The summed E-state index contributed by atoms with van der Waals surface area (Å²) in [5, 5.41) is 6.75. The van der Waals surface area contributed by atoms with Crippen LogP contribution < -0.4 is 0 Å². The summed E-state index contributed by atoms with van der Waals surface area (Å²) in [7, 11) is 0. The Morgan fingerprint density at radius 3 is 2.77 bits per heavy atom.